The molecule has 0 saturated heterocycles. The highest BCUT2D eigenvalue weighted by Gasteiger charge is 2.14. The number of benzene rings is 1. The Balaban J connectivity index is 2.26. The molecule has 1 heterocycles. The minimum Gasteiger partial charge on any atom is -0.366 e. The highest BCUT2D eigenvalue weighted by atomic mass is 16.2. The SMILES string of the molecule is CC(C)c1ccc(NC(=O)c2ccc(C(N)=O)cn2)c(C(C)C)c1. The minimum absolute atomic E-state index is 0.239. The molecular formula is C19H23N3O2. The predicted molar refractivity (Wildman–Crippen MR) is 95.3 cm³/mol. The molecule has 0 saturated carbocycles. The van der Waals surface area contributed by atoms with Crippen LogP contribution in [-0.4, -0.2) is 16.8 Å². The first-order chi connectivity index (χ1) is 11.3. The van der Waals surface area contributed by atoms with E-state index in [1.165, 1.54) is 23.9 Å². The van der Waals surface area contributed by atoms with Crippen LogP contribution in [0.5, 0.6) is 0 Å². The van der Waals surface area contributed by atoms with Gasteiger partial charge in [-0.25, -0.2) is 0 Å². The highest BCUT2D eigenvalue weighted by Crippen LogP contribution is 2.28. The van der Waals surface area contributed by atoms with Gasteiger partial charge in [0.1, 0.15) is 5.69 Å². The van der Waals surface area contributed by atoms with E-state index in [0.717, 1.165) is 11.3 Å². The lowest BCUT2D eigenvalue weighted by Gasteiger charge is -2.17. The van der Waals surface area contributed by atoms with Crippen molar-refractivity contribution in [3.8, 4) is 0 Å². The number of anilines is 1. The third-order valence-corrected chi connectivity index (χ3v) is 3.89. The maximum absolute atomic E-state index is 12.4. The molecule has 1 aromatic carbocycles. The van der Waals surface area contributed by atoms with Crippen molar-refractivity contribution in [3.05, 3.63) is 58.9 Å². The highest BCUT2D eigenvalue weighted by molar-refractivity contribution is 6.03. The molecule has 0 aliphatic heterocycles. The van der Waals surface area contributed by atoms with Crippen molar-refractivity contribution >= 4 is 17.5 Å². The molecular weight excluding hydrogens is 302 g/mol. The number of nitrogens with two attached hydrogens (primary N) is 1. The Hall–Kier alpha value is -2.69. The Morgan fingerprint density at radius 3 is 2.25 bits per heavy atom. The van der Waals surface area contributed by atoms with Crippen LogP contribution in [0.2, 0.25) is 0 Å². The van der Waals surface area contributed by atoms with Gasteiger partial charge in [-0.3, -0.25) is 14.6 Å². The smallest absolute Gasteiger partial charge is 0.274 e. The van der Waals surface area contributed by atoms with E-state index in [1.54, 1.807) is 0 Å². The molecule has 1 aromatic heterocycles. The van der Waals surface area contributed by atoms with Crippen LogP contribution in [0.15, 0.2) is 36.5 Å². The van der Waals surface area contributed by atoms with E-state index in [9.17, 15) is 9.59 Å². The van der Waals surface area contributed by atoms with E-state index in [0.29, 0.717) is 5.92 Å². The molecule has 2 amide bonds. The maximum Gasteiger partial charge on any atom is 0.274 e. The average molecular weight is 325 g/mol. The summed E-state index contributed by atoms with van der Waals surface area (Å²) in [6.45, 7) is 8.47. The summed E-state index contributed by atoms with van der Waals surface area (Å²) >= 11 is 0. The first kappa shape index (κ1) is 17.7. The number of primary amides is 1. The summed E-state index contributed by atoms with van der Waals surface area (Å²) in [6, 6.07) is 9.08. The van der Waals surface area contributed by atoms with Crippen LogP contribution >= 0.6 is 0 Å². The van der Waals surface area contributed by atoms with Crippen molar-refractivity contribution in [1.82, 2.24) is 4.98 Å². The largest absolute Gasteiger partial charge is 0.366 e. The maximum atomic E-state index is 12.4. The third-order valence-electron chi connectivity index (χ3n) is 3.89. The molecule has 2 aromatic rings. The van der Waals surface area contributed by atoms with Crippen LogP contribution in [0.3, 0.4) is 0 Å². The van der Waals surface area contributed by atoms with Crippen molar-refractivity contribution in [3.63, 3.8) is 0 Å². The predicted octanol–water partition coefficient (Wildman–Crippen LogP) is 3.68. The second-order valence-corrected chi connectivity index (χ2v) is 6.41. The lowest BCUT2D eigenvalue weighted by Crippen LogP contribution is -2.17. The molecule has 0 fully saturated rings. The number of rotatable bonds is 5. The van der Waals surface area contributed by atoms with Gasteiger partial charge in [0, 0.05) is 11.9 Å². The number of hydrogen-bond acceptors (Lipinski definition) is 3. The molecule has 24 heavy (non-hydrogen) atoms. The summed E-state index contributed by atoms with van der Waals surface area (Å²) in [5.41, 5.74) is 8.79. The molecule has 5 nitrogen and oxygen atoms in total. The summed E-state index contributed by atoms with van der Waals surface area (Å²) in [5.74, 6) is -0.175. The molecule has 126 valence electrons. The van der Waals surface area contributed by atoms with Crippen LogP contribution in [0.4, 0.5) is 5.69 Å². The van der Waals surface area contributed by atoms with Crippen LogP contribution in [0.25, 0.3) is 0 Å². The standard InChI is InChI=1S/C19H23N3O2/c1-11(2)13-5-7-16(15(9-13)12(3)4)22-19(24)17-8-6-14(10-21-17)18(20)23/h5-12H,1-4H3,(H2,20,23)(H,22,24). The van der Waals surface area contributed by atoms with Crippen LogP contribution in [0, 0.1) is 0 Å². The number of aromatic nitrogens is 1. The number of nitrogens with one attached hydrogen (secondary N) is 1. The van der Waals surface area contributed by atoms with Crippen molar-refractivity contribution in [2.45, 2.75) is 39.5 Å². The fraction of sp³-hybridized carbons (Fsp3) is 0.316. The van der Waals surface area contributed by atoms with Crippen molar-refractivity contribution < 1.29 is 9.59 Å². The van der Waals surface area contributed by atoms with Gasteiger partial charge in [-0.05, 0) is 41.2 Å². The summed E-state index contributed by atoms with van der Waals surface area (Å²) < 4.78 is 0. The van der Waals surface area contributed by atoms with Crippen LogP contribution in [-0.2, 0) is 0 Å². The van der Waals surface area contributed by atoms with Crippen molar-refractivity contribution in [1.29, 1.82) is 0 Å². The zero-order valence-electron chi connectivity index (χ0n) is 14.5. The number of amides is 2. The molecule has 0 bridgehead atoms. The first-order valence-electron chi connectivity index (χ1n) is 8.00. The second-order valence-electron chi connectivity index (χ2n) is 6.41. The van der Waals surface area contributed by atoms with Gasteiger partial charge in [0.25, 0.3) is 5.91 Å². The van der Waals surface area contributed by atoms with E-state index in [2.05, 4.69) is 44.1 Å². The lowest BCUT2D eigenvalue weighted by atomic mass is 9.94. The topological polar surface area (TPSA) is 85.1 Å². The van der Waals surface area contributed by atoms with E-state index >= 15 is 0 Å². The van der Waals surface area contributed by atoms with Gasteiger partial charge in [0.15, 0.2) is 0 Å². The summed E-state index contributed by atoms with van der Waals surface area (Å²) in [4.78, 5) is 27.5. The average Bonchev–Trinajstić information content (AvgIpc) is 2.54. The van der Waals surface area contributed by atoms with Crippen molar-refractivity contribution in [2.75, 3.05) is 5.32 Å². The summed E-state index contributed by atoms with van der Waals surface area (Å²) in [5, 5.41) is 2.91. The third kappa shape index (κ3) is 3.98. The Morgan fingerprint density at radius 2 is 1.75 bits per heavy atom. The summed E-state index contributed by atoms with van der Waals surface area (Å²) in [7, 11) is 0. The van der Waals surface area contributed by atoms with Gasteiger partial charge < -0.3 is 11.1 Å². The van der Waals surface area contributed by atoms with Gasteiger partial charge in [-0.2, -0.15) is 0 Å². The number of carbonyl (C=O) groups excluding carboxylic acids is 2. The molecule has 0 atom stereocenters. The Labute approximate surface area is 142 Å². The van der Waals surface area contributed by atoms with E-state index in [1.807, 2.05) is 12.1 Å². The first-order valence-corrected chi connectivity index (χ1v) is 8.00. The minimum atomic E-state index is -0.569. The molecule has 2 rings (SSSR count). The van der Waals surface area contributed by atoms with E-state index in [-0.39, 0.29) is 23.1 Å². The molecule has 3 N–H and O–H groups in total. The number of nitrogens with zero attached hydrogens (tertiary/aromatic N) is 1. The fourth-order valence-electron chi connectivity index (χ4n) is 2.39. The van der Waals surface area contributed by atoms with Gasteiger partial charge >= 0.3 is 0 Å². The van der Waals surface area contributed by atoms with Crippen molar-refractivity contribution in [2.24, 2.45) is 5.73 Å². The molecule has 0 aliphatic rings. The van der Waals surface area contributed by atoms with E-state index < -0.39 is 5.91 Å². The summed E-state index contributed by atoms with van der Waals surface area (Å²) in [6.07, 6.45) is 1.31. The van der Waals surface area contributed by atoms with Gasteiger partial charge in [0.2, 0.25) is 5.91 Å². The molecule has 0 unspecified atom stereocenters. The molecule has 0 aliphatic carbocycles. The Bertz CT molecular complexity index is 750. The van der Waals surface area contributed by atoms with Gasteiger partial charge in [0.05, 0.1) is 5.56 Å². The fourth-order valence-corrected chi connectivity index (χ4v) is 2.39. The monoisotopic (exact) mass is 325 g/mol. The zero-order valence-corrected chi connectivity index (χ0v) is 14.5. The molecule has 0 radical (unpaired) electrons. The Morgan fingerprint density at radius 1 is 1.04 bits per heavy atom. The van der Waals surface area contributed by atoms with Crippen LogP contribution < -0.4 is 11.1 Å². The quantitative estimate of drug-likeness (QED) is 0.879. The lowest BCUT2D eigenvalue weighted by molar-refractivity contribution is 0.0993. The van der Waals surface area contributed by atoms with Gasteiger partial charge in [-0.15, -0.1) is 0 Å². The number of hydrogen-bond donors (Lipinski definition) is 2. The van der Waals surface area contributed by atoms with Gasteiger partial charge in [-0.1, -0.05) is 39.8 Å². The Kier molecular flexibility index (Phi) is 5.34. The molecule has 5 heteroatoms. The van der Waals surface area contributed by atoms with Crippen LogP contribution in [0.1, 0.15) is 71.5 Å². The molecule has 0 spiro atoms. The number of pyridine rings is 1. The zero-order chi connectivity index (χ0) is 17.9. The van der Waals surface area contributed by atoms with E-state index in [4.69, 9.17) is 5.73 Å². The second kappa shape index (κ2) is 7.25. The normalized spacial score (nSPS) is 10.9. The number of carbonyl (C=O) groups is 2.